The third-order valence-electron chi connectivity index (χ3n) is 6.15. The van der Waals surface area contributed by atoms with E-state index >= 15 is 0 Å². The van der Waals surface area contributed by atoms with Gasteiger partial charge in [0.05, 0.1) is 18.4 Å². The number of rotatable bonds is 5. The first kappa shape index (κ1) is 21.8. The minimum Gasteiger partial charge on any atom is -0.495 e. The molecule has 3 aromatic rings. The molecule has 1 fully saturated rings. The Kier molecular flexibility index (Phi) is 5.55. The van der Waals surface area contributed by atoms with Crippen LogP contribution < -0.4 is 9.75 Å². The van der Waals surface area contributed by atoms with E-state index < -0.39 is 0 Å². The second-order valence-corrected chi connectivity index (χ2v) is 10.4. The number of aryl methyl sites for hydroxylation is 1. The summed E-state index contributed by atoms with van der Waals surface area (Å²) >= 11 is 1.58. The van der Waals surface area contributed by atoms with E-state index in [-0.39, 0.29) is 11.1 Å². The molecular weight excluding hydrogens is 408 g/mol. The molecule has 31 heavy (non-hydrogen) atoms. The van der Waals surface area contributed by atoms with E-state index in [1.54, 1.807) is 23.1 Å². The van der Waals surface area contributed by atoms with Crippen LogP contribution in [0.25, 0.3) is 21.8 Å². The molecule has 4 rings (SSSR count). The molecule has 0 spiro atoms. The zero-order valence-electron chi connectivity index (χ0n) is 19.5. The Balaban J connectivity index is 1.71. The van der Waals surface area contributed by atoms with Crippen molar-refractivity contribution in [2.24, 2.45) is 7.05 Å². The van der Waals surface area contributed by atoms with Crippen LogP contribution in [0.15, 0.2) is 30.5 Å². The molecule has 3 heterocycles. The first-order valence-electron chi connectivity index (χ1n) is 10.7. The predicted octanol–water partition coefficient (Wildman–Crippen LogP) is 5.01. The summed E-state index contributed by atoms with van der Waals surface area (Å²) in [5, 5.41) is 20.0. The maximum Gasteiger partial charge on any atom is 0.222 e. The number of ether oxygens (including phenoxy) is 1. The Morgan fingerprint density at radius 1 is 1.03 bits per heavy atom. The summed E-state index contributed by atoms with van der Waals surface area (Å²) in [6.45, 7) is 9.24. The molecule has 166 valence electrons. The van der Waals surface area contributed by atoms with Gasteiger partial charge in [0.25, 0.3) is 0 Å². The fourth-order valence-corrected chi connectivity index (χ4v) is 5.84. The molecule has 0 saturated carbocycles. The van der Waals surface area contributed by atoms with Gasteiger partial charge >= 0.3 is 0 Å². The predicted molar refractivity (Wildman–Crippen MR) is 126 cm³/mol. The largest absolute Gasteiger partial charge is 0.495 e. The number of piperidine rings is 1. The van der Waals surface area contributed by atoms with Gasteiger partial charge in [-0.15, -0.1) is 10.2 Å². The van der Waals surface area contributed by atoms with Gasteiger partial charge in [-0.05, 0) is 65.2 Å². The van der Waals surface area contributed by atoms with Crippen molar-refractivity contribution in [3.8, 4) is 27.6 Å². The molecule has 0 atom stereocenters. The number of nitrogens with zero attached hydrogens (tertiary/aromatic N) is 6. The molecule has 7 nitrogen and oxygen atoms in total. The number of anilines is 1. The average Bonchev–Trinajstić information content (AvgIpc) is 3.35. The van der Waals surface area contributed by atoms with Crippen molar-refractivity contribution in [3.05, 3.63) is 30.5 Å². The minimum atomic E-state index is 0.0545. The number of para-hydroxylation sites is 1. The van der Waals surface area contributed by atoms with Crippen molar-refractivity contribution in [3.63, 3.8) is 0 Å². The highest BCUT2D eigenvalue weighted by Gasteiger charge is 2.44. The molecule has 0 N–H and O–H groups in total. The van der Waals surface area contributed by atoms with Crippen molar-refractivity contribution < 1.29 is 4.74 Å². The van der Waals surface area contributed by atoms with Gasteiger partial charge in [-0.25, -0.2) is 5.01 Å². The van der Waals surface area contributed by atoms with Gasteiger partial charge in [-0.2, -0.15) is 5.10 Å². The molecule has 1 aliphatic heterocycles. The van der Waals surface area contributed by atoms with E-state index in [0.717, 1.165) is 45.6 Å². The molecule has 0 radical (unpaired) electrons. The third kappa shape index (κ3) is 3.94. The molecule has 0 amide bonds. The van der Waals surface area contributed by atoms with E-state index in [1.165, 1.54) is 6.42 Å². The van der Waals surface area contributed by atoms with E-state index in [0.29, 0.717) is 0 Å². The number of hydrogen-bond acceptors (Lipinski definition) is 7. The summed E-state index contributed by atoms with van der Waals surface area (Å²) in [7, 11) is 5.70. The lowest BCUT2D eigenvalue weighted by Gasteiger charge is -2.55. The SMILES string of the molecule is COc1c(-c2ccn(C)n2)cccc1-c1nnc(N(C)N2C(C)(C)CCCC2(C)C)s1. The second-order valence-electron chi connectivity index (χ2n) is 9.46. The van der Waals surface area contributed by atoms with Crippen molar-refractivity contribution in [2.45, 2.75) is 58.0 Å². The Morgan fingerprint density at radius 2 is 1.71 bits per heavy atom. The standard InChI is InChI=1S/C23H32N6OS/c1-22(2)13-9-14-23(3,4)29(22)28(6)21-25-24-20(31-21)17-11-8-10-16(19(17)30-7)18-12-15-27(5)26-18/h8,10-12,15H,9,13-14H2,1-7H3. The van der Waals surface area contributed by atoms with E-state index in [4.69, 9.17) is 4.74 Å². The Bertz CT molecular complexity index is 1050. The topological polar surface area (TPSA) is 59.3 Å². The highest BCUT2D eigenvalue weighted by Crippen LogP contribution is 2.43. The van der Waals surface area contributed by atoms with Crippen molar-refractivity contribution in [2.75, 3.05) is 19.2 Å². The highest BCUT2D eigenvalue weighted by molar-refractivity contribution is 7.18. The summed E-state index contributed by atoms with van der Waals surface area (Å²) in [5.74, 6) is 0.769. The molecule has 0 aliphatic carbocycles. The maximum atomic E-state index is 5.81. The third-order valence-corrected chi connectivity index (χ3v) is 7.18. The molecule has 0 bridgehead atoms. The maximum absolute atomic E-state index is 5.81. The number of aromatic nitrogens is 4. The fraction of sp³-hybridized carbons (Fsp3) is 0.522. The summed E-state index contributed by atoms with van der Waals surface area (Å²) < 4.78 is 7.61. The van der Waals surface area contributed by atoms with E-state index in [9.17, 15) is 0 Å². The molecule has 0 unspecified atom stereocenters. The molecule has 2 aromatic heterocycles. The molecular formula is C23H32N6OS. The van der Waals surface area contributed by atoms with Gasteiger partial charge in [0.2, 0.25) is 5.13 Å². The van der Waals surface area contributed by atoms with Gasteiger partial charge in [0.15, 0.2) is 5.01 Å². The summed E-state index contributed by atoms with van der Waals surface area (Å²) in [6.07, 6.45) is 5.49. The first-order chi connectivity index (χ1) is 14.6. The fourth-order valence-electron chi connectivity index (χ4n) is 5.02. The number of hydrogen-bond donors (Lipinski definition) is 0. The van der Waals surface area contributed by atoms with Crippen molar-refractivity contribution in [1.29, 1.82) is 0 Å². The van der Waals surface area contributed by atoms with E-state index in [2.05, 4.69) is 60.1 Å². The van der Waals surface area contributed by atoms with Crippen molar-refractivity contribution >= 4 is 16.5 Å². The smallest absolute Gasteiger partial charge is 0.222 e. The summed E-state index contributed by atoms with van der Waals surface area (Å²) in [4.78, 5) is 0. The number of hydrazine groups is 1. The average molecular weight is 441 g/mol. The van der Waals surface area contributed by atoms with Crippen LogP contribution in [0, 0.1) is 0 Å². The quantitative estimate of drug-likeness (QED) is 0.556. The normalized spacial score (nSPS) is 18.2. The molecule has 1 aliphatic rings. The van der Waals surface area contributed by atoms with Crippen LogP contribution in [-0.2, 0) is 7.05 Å². The Labute approximate surface area is 188 Å². The van der Waals surface area contributed by atoms with Crippen LogP contribution >= 0.6 is 11.3 Å². The monoisotopic (exact) mass is 440 g/mol. The van der Waals surface area contributed by atoms with Gasteiger partial charge in [-0.3, -0.25) is 9.69 Å². The zero-order chi connectivity index (χ0) is 22.4. The van der Waals surface area contributed by atoms with Gasteiger partial charge in [0, 0.05) is 36.9 Å². The van der Waals surface area contributed by atoms with Crippen LogP contribution in [0.4, 0.5) is 5.13 Å². The molecule has 1 aromatic carbocycles. The lowest BCUT2D eigenvalue weighted by Crippen LogP contribution is -2.64. The second kappa shape index (κ2) is 7.91. The molecule has 8 heteroatoms. The minimum absolute atomic E-state index is 0.0545. The lowest BCUT2D eigenvalue weighted by atomic mass is 9.81. The van der Waals surface area contributed by atoms with Crippen molar-refractivity contribution in [1.82, 2.24) is 25.0 Å². The van der Waals surface area contributed by atoms with Gasteiger partial charge in [-0.1, -0.05) is 17.4 Å². The number of benzene rings is 1. The Morgan fingerprint density at radius 3 is 2.32 bits per heavy atom. The van der Waals surface area contributed by atoms with Crippen LogP contribution in [0.1, 0.15) is 47.0 Å². The zero-order valence-corrected chi connectivity index (χ0v) is 20.3. The Hall–Kier alpha value is -2.45. The van der Waals surface area contributed by atoms with Crippen LogP contribution in [0.2, 0.25) is 0 Å². The van der Waals surface area contributed by atoms with Crippen LogP contribution in [0.3, 0.4) is 0 Å². The lowest BCUT2D eigenvalue weighted by molar-refractivity contribution is -0.0326. The first-order valence-corrected chi connectivity index (χ1v) is 11.5. The summed E-state index contributed by atoms with van der Waals surface area (Å²) in [5.41, 5.74) is 2.86. The van der Waals surface area contributed by atoms with Crippen LogP contribution in [0.5, 0.6) is 5.75 Å². The van der Waals surface area contributed by atoms with Gasteiger partial charge in [0.1, 0.15) is 5.75 Å². The van der Waals surface area contributed by atoms with E-state index in [1.807, 2.05) is 37.5 Å². The number of methoxy groups -OCH3 is 1. The van der Waals surface area contributed by atoms with Crippen LogP contribution in [-0.4, -0.2) is 50.2 Å². The molecule has 1 saturated heterocycles. The van der Waals surface area contributed by atoms with Gasteiger partial charge < -0.3 is 4.74 Å². The summed E-state index contributed by atoms with van der Waals surface area (Å²) in [6, 6.07) is 8.06. The highest BCUT2D eigenvalue weighted by atomic mass is 32.1.